The summed E-state index contributed by atoms with van der Waals surface area (Å²) in [6, 6.07) is 12.0. The van der Waals surface area contributed by atoms with Crippen LogP contribution in [0.2, 0.25) is 0 Å². The van der Waals surface area contributed by atoms with E-state index < -0.39 is 5.82 Å². The predicted octanol–water partition coefficient (Wildman–Crippen LogP) is 3.49. The number of fused-ring (bicyclic) bond motifs is 1. The standard InChI is InChI=1S/C16H15FN2O/c1-2-19-15-6-4-3-5-14(15)18-16(19)9-11-7-12(17)10-13(20)8-11/h3-8,10,20H,2,9H2,1H3. The van der Waals surface area contributed by atoms with Gasteiger partial charge in [0.15, 0.2) is 0 Å². The van der Waals surface area contributed by atoms with Crippen LogP contribution in [0.25, 0.3) is 11.0 Å². The molecule has 0 spiro atoms. The molecule has 0 amide bonds. The molecule has 0 saturated heterocycles. The number of rotatable bonds is 3. The zero-order chi connectivity index (χ0) is 14.1. The molecule has 2 aromatic carbocycles. The minimum Gasteiger partial charge on any atom is -0.508 e. The Kier molecular flexibility index (Phi) is 3.14. The van der Waals surface area contributed by atoms with Gasteiger partial charge in [0, 0.05) is 19.0 Å². The molecule has 20 heavy (non-hydrogen) atoms. The zero-order valence-electron chi connectivity index (χ0n) is 11.2. The lowest BCUT2D eigenvalue weighted by molar-refractivity contribution is 0.468. The van der Waals surface area contributed by atoms with E-state index in [-0.39, 0.29) is 5.75 Å². The summed E-state index contributed by atoms with van der Waals surface area (Å²) in [6.07, 6.45) is 0.494. The van der Waals surface area contributed by atoms with Gasteiger partial charge >= 0.3 is 0 Å². The summed E-state index contributed by atoms with van der Waals surface area (Å²) in [5, 5.41) is 9.47. The van der Waals surface area contributed by atoms with Crippen LogP contribution in [0.15, 0.2) is 42.5 Å². The third-order valence-electron chi connectivity index (χ3n) is 3.35. The van der Waals surface area contributed by atoms with Crippen LogP contribution in [0.5, 0.6) is 5.75 Å². The highest BCUT2D eigenvalue weighted by Gasteiger charge is 2.10. The molecular formula is C16H15FN2O. The van der Waals surface area contributed by atoms with E-state index in [2.05, 4.69) is 16.5 Å². The van der Waals surface area contributed by atoms with Gasteiger partial charge in [-0.05, 0) is 36.8 Å². The Labute approximate surface area is 116 Å². The number of hydrogen-bond acceptors (Lipinski definition) is 2. The first-order valence-electron chi connectivity index (χ1n) is 6.60. The molecule has 102 valence electrons. The van der Waals surface area contributed by atoms with E-state index in [1.807, 2.05) is 24.3 Å². The summed E-state index contributed by atoms with van der Waals surface area (Å²) in [5.74, 6) is 0.386. The molecule has 0 unspecified atom stereocenters. The average Bonchev–Trinajstić information content (AvgIpc) is 2.74. The van der Waals surface area contributed by atoms with E-state index in [0.717, 1.165) is 29.5 Å². The fourth-order valence-corrected chi connectivity index (χ4v) is 2.53. The number of para-hydroxylation sites is 2. The molecule has 0 saturated carbocycles. The van der Waals surface area contributed by atoms with Crippen molar-refractivity contribution in [1.29, 1.82) is 0 Å². The molecular weight excluding hydrogens is 255 g/mol. The van der Waals surface area contributed by atoms with Crippen LogP contribution in [0.4, 0.5) is 4.39 Å². The van der Waals surface area contributed by atoms with Gasteiger partial charge in [-0.15, -0.1) is 0 Å². The number of aromatic nitrogens is 2. The molecule has 0 radical (unpaired) electrons. The van der Waals surface area contributed by atoms with Crippen LogP contribution >= 0.6 is 0 Å². The second kappa shape index (κ2) is 4.96. The number of halogens is 1. The molecule has 4 heteroatoms. The molecule has 0 aliphatic carbocycles. The molecule has 1 heterocycles. The highest BCUT2D eigenvalue weighted by Crippen LogP contribution is 2.21. The first kappa shape index (κ1) is 12.7. The van der Waals surface area contributed by atoms with Crippen molar-refractivity contribution in [3.05, 3.63) is 59.7 Å². The summed E-state index contributed by atoms with van der Waals surface area (Å²) < 4.78 is 15.4. The maximum atomic E-state index is 13.3. The second-order valence-corrected chi connectivity index (χ2v) is 4.76. The summed E-state index contributed by atoms with van der Waals surface area (Å²) in [5.41, 5.74) is 2.73. The lowest BCUT2D eigenvalue weighted by atomic mass is 10.1. The molecule has 0 atom stereocenters. The Balaban J connectivity index is 2.05. The van der Waals surface area contributed by atoms with Gasteiger partial charge in [-0.3, -0.25) is 0 Å². The highest BCUT2D eigenvalue weighted by atomic mass is 19.1. The van der Waals surface area contributed by atoms with E-state index in [1.165, 1.54) is 6.07 Å². The fraction of sp³-hybridized carbons (Fsp3) is 0.188. The van der Waals surface area contributed by atoms with E-state index in [9.17, 15) is 9.50 Å². The number of hydrogen-bond donors (Lipinski definition) is 1. The molecule has 1 N–H and O–H groups in total. The van der Waals surface area contributed by atoms with Gasteiger partial charge in [0.05, 0.1) is 11.0 Å². The van der Waals surface area contributed by atoms with Crippen molar-refractivity contribution in [3.8, 4) is 5.75 Å². The molecule has 0 aliphatic rings. The highest BCUT2D eigenvalue weighted by molar-refractivity contribution is 5.76. The zero-order valence-corrected chi connectivity index (χ0v) is 11.2. The van der Waals surface area contributed by atoms with Crippen molar-refractivity contribution in [1.82, 2.24) is 9.55 Å². The van der Waals surface area contributed by atoms with Crippen molar-refractivity contribution in [2.75, 3.05) is 0 Å². The van der Waals surface area contributed by atoms with Crippen molar-refractivity contribution >= 4 is 11.0 Å². The molecule has 3 rings (SSSR count). The van der Waals surface area contributed by atoms with Crippen molar-refractivity contribution in [2.45, 2.75) is 19.9 Å². The van der Waals surface area contributed by atoms with Crippen LogP contribution in [-0.2, 0) is 13.0 Å². The van der Waals surface area contributed by atoms with Crippen LogP contribution in [-0.4, -0.2) is 14.7 Å². The lowest BCUT2D eigenvalue weighted by Gasteiger charge is -2.06. The van der Waals surface area contributed by atoms with Crippen molar-refractivity contribution in [2.24, 2.45) is 0 Å². The van der Waals surface area contributed by atoms with Crippen LogP contribution in [0.1, 0.15) is 18.3 Å². The Morgan fingerprint density at radius 2 is 2.00 bits per heavy atom. The number of aryl methyl sites for hydroxylation is 1. The van der Waals surface area contributed by atoms with E-state index in [4.69, 9.17) is 0 Å². The molecule has 0 aliphatic heterocycles. The number of benzene rings is 2. The summed E-state index contributed by atoms with van der Waals surface area (Å²) in [6.45, 7) is 2.86. The van der Waals surface area contributed by atoms with Crippen molar-refractivity contribution in [3.63, 3.8) is 0 Å². The normalized spacial score (nSPS) is 11.1. The van der Waals surface area contributed by atoms with Gasteiger partial charge in [0.2, 0.25) is 0 Å². The summed E-state index contributed by atoms with van der Waals surface area (Å²) >= 11 is 0. The Bertz CT molecular complexity index is 744. The minimum atomic E-state index is -0.431. The minimum absolute atomic E-state index is 0.0563. The molecule has 3 nitrogen and oxygen atoms in total. The lowest BCUT2D eigenvalue weighted by Crippen LogP contribution is -2.02. The third kappa shape index (κ3) is 2.25. The van der Waals surface area contributed by atoms with Crippen LogP contribution < -0.4 is 0 Å². The van der Waals surface area contributed by atoms with Crippen LogP contribution in [0.3, 0.4) is 0 Å². The van der Waals surface area contributed by atoms with E-state index in [0.29, 0.717) is 12.0 Å². The monoisotopic (exact) mass is 270 g/mol. The summed E-state index contributed by atoms with van der Waals surface area (Å²) in [7, 11) is 0. The Morgan fingerprint density at radius 1 is 1.20 bits per heavy atom. The maximum absolute atomic E-state index is 13.3. The van der Waals surface area contributed by atoms with Crippen molar-refractivity contribution < 1.29 is 9.50 Å². The fourth-order valence-electron chi connectivity index (χ4n) is 2.53. The van der Waals surface area contributed by atoms with Gasteiger partial charge in [0.1, 0.15) is 17.4 Å². The van der Waals surface area contributed by atoms with Gasteiger partial charge in [-0.25, -0.2) is 9.37 Å². The summed E-state index contributed by atoms with van der Waals surface area (Å²) in [4.78, 5) is 4.60. The smallest absolute Gasteiger partial charge is 0.127 e. The molecule has 0 fully saturated rings. The van der Waals surface area contributed by atoms with Crippen LogP contribution in [0, 0.1) is 5.82 Å². The molecule has 3 aromatic rings. The molecule has 0 bridgehead atoms. The van der Waals surface area contributed by atoms with Gasteiger partial charge in [-0.2, -0.15) is 0 Å². The van der Waals surface area contributed by atoms with E-state index >= 15 is 0 Å². The topological polar surface area (TPSA) is 38.0 Å². The number of nitrogens with zero attached hydrogens (tertiary/aromatic N) is 2. The predicted molar refractivity (Wildman–Crippen MR) is 76.3 cm³/mol. The number of phenols is 1. The van der Waals surface area contributed by atoms with E-state index in [1.54, 1.807) is 6.07 Å². The first-order chi connectivity index (χ1) is 9.67. The van der Waals surface area contributed by atoms with Gasteiger partial charge in [-0.1, -0.05) is 12.1 Å². The maximum Gasteiger partial charge on any atom is 0.127 e. The Morgan fingerprint density at radius 3 is 2.75 bits per heavy atom. The number of imidazole rings is 1. The van der Waals surface area contributed by atoms with Gasteiger partial charge < -0.3 is 9.67 Å². The quantitative estimate of drug-likeness (QED) is 0.791. The largest absolute Gasteiger partial charge is 0.508 e. The number of phenolic OH excluding ortho intramolecular Hbond substituents is 1. The Hall–Kier alpha value is -2.36. The number of aromatic hydroxyl groups is 1. The average molecular weight is 270 g/mol. The first-order valence-corrected chi connectivity index (χ1v) is 6.60. The SMILES string of the molecule is CCn1c(Cc2cc(O)cc(F)c2)nc2ccccc21. The molecule has 1 aromatic heterocycles. The van der Waals surface area contributed by atoms with Gasteiger partial charge in [0.25, 0.3) is 0 Å². The second-order valence-electron chi connectivity index (χ2n) is 4.76. The third-order valence-corrected chi connectivity index (χ3v) is 3.35.